The van der Waals surface area contributed by atoms with Gasteiger partial charge >= 0.3 is 6.09 Å². The lowest BCUT2D eigenvalue weighted by Gasteiger charge is -2.37. The molecule has 1 atom stereocenters. The summed E-state index contributed by atoms with van der Waals surface area (Å²) in [5, 5.41) is 1.87. The lowest BCUT2D eigenvalue weighted by molar-refractivity contribution is -0.137. The van der Waals surface area contributed by atoms with Gasteiger partial charge in [-0.1, -0.05) is 6.07 Å². The number of thiophene rings is 1. The van der Waals surface area contributed by atoms with Gasteiger partial charge in [-0.2, -0.15) is 0 Å². The number of nitrogens with zero attached hydrogens (tertiary/aromatic N) is 3. The predicted molar refractivity (Wildman–Crippen MR) is 103 cm³/mol. The van der Waals surface area contributed by atoms with Gasteiger partial charge in [-0.3, -0.25) is 9.59 Å². The van der Waals surface area contributed by atoms with E-state index in [4.69, 9.17) is 4.74 Å². The molecule has 0 bridgehead atoms. The summed E-state index contributed by atoms with van der Waals surface area (Å²) in [5.41, 5.74) is -0.531. The van der Waals surface area contributed by atoms with Gasteiger partial charge in [-0.15, -0.1) is 11.3 Å². The zero-order valence-corrected chi connectivity index (χ0v) is 17.0. The second-order valence-corrected chi connectivity index (χ2v) is 8.87. The molecule has 2 fully saturated rings. The minimum Gasteiger partial charge on any atom is -0.444 e. The Morgan fingerprint density at radius 3 is 2.33 bits per heavy atom. The van der Waals surface area contributed by atoms with Crippen LogP contribution in [0.5, 0.6) is 0 Å². The SMILES string of the molecule is CC(C)(C)OC(=O)N1CCN(C(=O)[C@@H]2CCCN2C(=O)c2cccs2)CC1. The molecule has 7 nitrogen and oxygen atoms in total. The van der Waals surface area contributed by atoms with Crippen molar-refractivity contribution in [2.45, 2.75) is 45.3 Å². The van der Waals surface area contributed by atoms with Crippen LogP contribution in [0.25, 0.3) is 0 Å². The van der Waals surface area contributed by atoms with Gasteiger partial charge in [0.05, 0.1) is 4.88 Å². The van der Waals surface area contributed by atoms with Crippen LogP contribution in [0, 0.1) is 0 Å². The predicted octanol–water partition coefficient (Wildman–Crippen LogP) is 2.43. The van der Waals surface area contributed by atoms with Crippen molar-refractivity contribution in [2.75, 3.05) is 32.7 Å². The standard InChI is InChI=1S/C19H27N3O4S/c1-19(2,3)26-18(25)21-11-9-20(10-12-21)16(23)14-6-4-8-22(14)17(24)15-7-5-13-27-15/h5,7,13-14H,4,6,8-12H2,1-3H3/t14-/m0/s1. The summed E-state index contributed by atoms with van der Waals surface area (Å²) in [6.45, 7) is 7.96. The van der Waals surface area contributed by atoms with E-state index in [0.717, 1.165) is 6.42 Å². The third-order valence-corrected chi connectivity index (χ3v) is 5.63. The van der Waals surface area contributed by atoms with Crippen molar-refractivity contribution in [3.8, 4) is 0 Å². The third kappa shape index (κ3) is 4.61. The van der Waals surface area contributed by atoms with Gasteiger partial charge in [0, 0.05) is 32.7 Å². The summed E-state index contributed by atoms with van der Waals surface area (Å²) >= 11 is 1.40. The number of rotatable bonds is 2. The highest BCUT2D eigenvalue weighted by Gasteiger charge is 2.38. The van der Waals surface area contributed by atoms with Crippen molar-refractivity contribution in [3.63, 3.8) is 0 Å². The Kier molecular flexibility index (Phi) is 5.74. The molecule has 3 heterocycles. The average Bonchev–Trinajstić information content (AvgIpc) is 3.31. The molecular weight excluding hydrogens is 366 g/mol. The maximum atomic E-state index is 13.0. The van der Waals surface area contributed by atoms with Crippen molar-refractivity contribution in [2.24, 2.45) is 0 Å². The highest BCUT2D eigenvalue weighted by molar-refractivity contribution is 7.12. The van der Waals surface area contributed by atoms with Crippen LogP contribution in [0.15, 0.2) is 17.5 Å². The van der Waals surface area contributed by atoms with E-state index < -0.39 is 11.6 Å². The minimum atomic E-state index is -0.531. The maximum absolute atomic E-state index is 13.0. The number of ether oxygens (including phenoxy) is 1. The van der Waals surface area contributed by atoms with Crippen LogP contribution in [-0.2, 0) is 9.53 Å². The molecule has 0 aromatic carbocycles. The molecule has 2 aliphatic heterocycles. The molecule has 0 N–H and O–H groups in total. The van der Waals surface area contributed by atoms with E-state index in [1.807, 2.05) is 32.2 Å². The fraction of sp³-hybridized carbons (Fsp3) is 0.632. The van der Waals surface area contributed by atoms with Crippen LogP contribution < -0.4 is 0 Å². The largest absolute Gasteiger partial charge is 0.444 e. The summed E-state index contributed by atoms with van der Waals surface area (Å²) in [5.74, 6) is -0.0746. The number of likely N-dealkylation sites (tertiary alicyclic amines) is 1. The van der Waals surface area contributed by atoms with Gasteiger partial charge in [0.1, 0.15) is 11.6 Å². The van der Waals surface area contributed by atoms with Gasteiger partial charge < -0.3 is 19.4 Å². The summed E-state index contributed by atoms with van der Waals surface area (Å²) in [7, 11) is 0. The lowest BCUT2D eigenvalue weighted by Crippen LogP contribution is -2.55. The zero-order chi connectivity index (χ0) is 19.6. The van der Waals surface area contributed by atoms with Crippen molar-refractivity contribution in [1.82, 2.24) is 14.7 Å². The zero-order valence-electron chi connectivity index (χ0n) is 16.1. The topological polar surface area (TPSA) is 70.2 Å². The second kappa shape index (κ2) is 7.88. The van der Waals surface area contributed by atoms with Gasteiger partial charge in [-0.05, 0) is 45.1 Å². The molecule has 148 valence electrons. The highest BCUT2D eigenvalue weighted by Crippen LogP contribution is 2.24. The maximum Gasteiger partial charge on any atom is 0.410 e. The van der Waals surface area contributed by atoms with Crippen molar-refractivity contribution in [1.29, 1.82) is 0 Å². The van der Waals surface area contributed by atoms with Gasteiger partial charge in [0.25, 0.3) is 5.91 Å². The second-order valence-electron chi connectivity index (χ2n) is 7.93. The van der Waals surface area contributed by atoms with Crippen LogP contribution in [-0.4, -0.2) is 77.0 Å². The molecule has 2 saturated heterocycles. The molecule has 1 aromatic rings. The molecule has 0 spiro atoms. The van der Waals surface area contributed by atoms with Crippen LogP contribution in [0.2, 0.25) is 0 Å². The quantitative estimate of drug-likeness (QED) is 0.774. The molecule has 0 unspecified atom stereocenters. The van der Waals surface area contributed by atoms with E-state index in [9.17, 15) is 14.4 Å². The van der Waals surface area contributed by atoms with Crippen LogP contribution in [0.3, 0.4) is 0 Å². The molecule has 1 aromatic heterocycles. The van der Waals surface area contributed by atoms with E-state index in [1.54, 1.807) is 20.8 Å². The average molecular weight is 394 g/mol. The van der Waals surface area contributed by atoms with Crippen LogP contribution in [0.4, 0.5) is 4.79 Å². The van der Waals surface area contributed by atoms with E-state index in [0.29, 0.717) is 44.0 Å². The Hall–Kier alpha value is -2.09. The molecule has 3 amide bonds. The first-order valence-electron chi connectivity index (χ1n) is 9.37. The van der Waals surface area contributed by atoms with Gasteiger partial charge in [-0.25, -0.2) is 4.79 Å². The Labute approximate surface area is 163 Å². The summed E-state index contributed by atoms with van der Waals surface area (Å²) in [4.78, 5) is 43.6. The fourth-order valence-corrected chi connectivity index (χ4v) is 4.13. The fourth-order valence-electron chi connectivity index (χ4n) is 3.45. The molecule has 2 aliphatic rings. The molecular formula is C19H27N3O4S. The number of hydrogen-bond donors (Lipinski definition) is 0. The van der Waals surface area contributed by atoms with Gasteiger partial charge in [0.2, 0.25) is 5.91 Å². The van der Waals surface area contributed by atoms with Gasteiger partial charge in [0.15, 0.2) is 0 Å². The lowest BCUT2D eigenvalue weighted by atomic mass is 10.1. The summed E-state index contributed by atoms with van der Waals surface area (Å²) in [6.07, 6.45) is 1.19. The first-order valence-corrected chi connectivity index (χ1v) is 10.3. The molecule has 3 rings (SSSR count). The monoisotopic (exact) mass is 393 g/mol. The van der Waals surface area contributed by atoms with Crippen molar-refractivity contribution < 1.29 is 19.1 Å². The highest BCUT2D eigenvalue weighted by atomic mass is 32.1. The number of piperazine rings is 1. The van der Waals surface area contributed by atoms with E-state index in [-0.39, 0.29) is 17.9 Å². The smallest absolute Gasteiger partial charge is 0.410 e. The van der Waals surface area contributed by atoms with E-state index in [1.165, 1.54) is 11.3 Å². The number of carbonyl (C=O) groups is 3. The van der Waals surface area contributed by atoms with Crippen molar-refractivity contribution >= 4 is 29.2 Å². The first-order chi connectivity index (χ1) is 12.8. The first kappa shape index (κ1) is 19.7. The van der Waals surface area contributed by atoms with Crippen LogP contribution >= 0.6 is 11.3 Å². The minimum absolute atomic E-state index is 0.0127. The number of carbonyl (C=O) groups excluding carboxylic acids is 3. The Morgan fingerprint density at radius 1 is 1.07 bits per heavy atom. The summed E-state index contributed by atoms with van der Waals surface area (Å²) in [6, 6.07) is 3.25. The molecule has 27 heavy (non-hydrogen) atoms. The Balaban J connectivity index is 1.57. The molecule has 8 heteroatoms. The van der Waals surface area contributed by atoms with Crippen molar-refractivity contribution in [3.05, 3.63) is 22.4 Å². The van der Waals surface area contributed by atoms with E-state index in [2.05, 4.69) is 0 Å². The third-order valence-electron chi connectivity index (χ3n) is 4.77. The normalized spacial score (nSPS) is 20.7. The Morgan fingerprint density at radius 2 is 1.74 bits per heavy atom. The van der Waals surface area contributed by atoms with E-state index >= 15 is 0 Å². The molecule has 0 aliphatic carbocycles. The molecule has 0 saturated carbocycles. The summed E-state index contributed by atoms with van der Waals surface area (Å²) < 4.78 is 5.39. The van der Waals surface area contributed by atoms with Crippen LogP contribution in [0.1, 0.15) is 43.3 Å². The molecule has 0 radical (unpaired) electrons. The Bertz CT molecular complexity index is 690. The number of amides is 3. The number of hydrogen-bond acceptors (Lipinski definition) is 5.